The first-order valence-electron chi connectivity index (χ1n) is 10.1. The van der Waals surface area contributed by atoms with E-state index in [-0.39, 0.29) is 23.5 Å². The molecule has 5 heteroatoms. The second-order valence-corrected chi connectivity index (χ2v) is 7.64. The van der Waals surface area contributed by atoms with Gasteiger partial charge in [0.25, 0.3) is 5.91 Å². The quantitative estimate of drug-likeness (QED) is 0.599. The van der Waals surface area contributed by atoms with Crippen LogP contribution < -0.4 is 4.90 Å². The van der Waals surface area contributed by atoms with Crippen molar-refractivity contribution in [2.75, 3.05) is 4.90 Å². The van der Waals surface area contributed by atoms with E-state index in [0.29, 0.717) is 12.0 Å². The number of carbonyl (C=O) groups excluding carboxylic acids is 2. The fraction of sp³-hybridized carbons (Fsp3) is 0.154. The van der Waals surface area contributed by atoms with Crippen molar-refractivity contribution in [3.63, 3.8) is 0 Å². The molecule has 1 aliphatic rings. The number of ketones is 1. The number of rotatable bonds is 6. The number of hydrogen-bond donors (Lipinski definition) is 1. The van der Waals surface area contributed by atoms with Gasteiger partial charge in [-0.05, 0) is 42.7 Å². The van der Waals surface area contributed by atoms with E-state index < -0.39 is 23.5 Å². The number of aliphatic hydroxyl groups excluding tert-OH is 1. The van der Waals surface area contributed by atoms with Gasteiger partial charge in [-0.2, -0.15) is 0 Å². The predicted octanol–water partition coefficient (Wildman–Crippen LogP) is 5.24. The summed E-state index contributed by atoms with van der Waals surface area (Å²) in [6.45, 7) is 1.91. The zero-order valence-corrected chi connectivity index (χ0v) is 17.1. The fourth-order valence-corrected chi connectivity index (χ4v) is 3.98. The smallest absolute Gasteiger partial charge is 0.294 e. The maximum absolute atomic E-state index is 13.9. The van der Waals surface area contributed by atoms with Crippen molar-refractivity contribution in [1.82, 2.24) is 0 Å². The molecule has 1 amide bonds. The minimum atomic E-state index is -0.822. The number of aryl methyl sites for hydroxylation is 2. The van der Waals surface area contributed by atoms with Gasteiger partial charge in [0.1, 0.15) is 5.82 Å². The van der Waals surface area contributed by atoms with Crippen LogP contribution in [-0.4, -0.2) is 16.8 Å². The third kappa shape index (κ3) is 4.12. The SMILES string of the molecule is Cc1cccc(C2C(C(=O)CCc3ccccc3)=C(O)C(=O)N2c2cccc(F)c2)c1. The minimum Gasteiger partial charge on any atom is -0.503 e. The molecular formula is C26H22FNO3. The Bertz CT molecular complexity index is 1170. The van der Waals surface area contributed by atoms with Crippen molar-refractivity contribution in [2.45, 2.75) is 25.8 Å². The van der Waals surface area contributed by atoms with E-state index in [1.54, 1.807) is 12.1 Å². The standard InChI is InChI=1S/C26H22FNO3/c1-17-7-5-10-19(15-17)24-23(22(29)14-13-18-8-3-2-4-9-18)25(30)26(31)28(24)21-12-6-11-20(27)16-21/h2-12,15-16,24,30H,13-14H2,1H3. The molecule has 156 valence electrons. The number of benzene rings is 3. The van der Waals surface area contributed by atoms with Crippen LogP contribution in [-0.2, 0) is 16.0 Å². The Morgan fingerprint density at radius 3 is 2.45 bits per heavy atom. The molecule has 3 aromatic carbocycles. The maximum Gasteiger partial charge on any atom is 0.294 e. The number of halogens is 1. The van der Waals surface area contributed by atoms with Gasteiger partial charge in [-0.3, -0.25) is 14.5 Å². The molecule has 1 atom stereocenters. The second kappa shape index (κ2) is 8.56. The highest BCUT2D eigenvalue weighted by atomic mass is 19.1. The van der Waals surface area contributed by atoms with Gasteiger partial charge in [-0.15, -0.1) is 0 Å². The van der Waals surface area contributed by atoms with E-state index in [1.165, 1.54) is 23.1 Å². The van der Waals surface area contributed by atoms with Gasteiger partial charge in [0, 0.05) is 12.1 Å². The molecular weight excluding hydrogens is 393 g/mol. The van der Waals surface area contributed by atoms with Crippen LogP contribution >= 0.6 is 0 Å². The molecule has 0 aliphatic carbocycles. The molecule has 0 radical (unpaired) electrons. The van der Waals surface area contributed by atoms with Crippen molar-refractivity contribution in [3.05, 3.63) is 113 Å². The average Bonchev–Trinajstić information content (AvgIpc) is 3.03. The summed E-state index contributed by atoms with van der Waals surface area (Å²) in [5.41, 5.74) is 2.97. The number of aliphatic hydroxyl groups is 1. The molecule has 0 spiro atoms. The lowest BCUT2D eigenvalue weighted by atomic mass is 9.92. The van der Waals surface area contributed by atoms with Gasteiger partial charge >= 0.3 is 0 Å². The maximum atomic E-state index is 13.9. The lowest BCUT2D eigenvalue weighted by Gasteiger charge is -2.27. The number of anilines is 1. The van der Waals surface area contributed by atoms with Gasteiger partial charge in [0.2, 0.25) is 0 Å². The highest BCUT2D eigenvalue weighted by molar-refractivity contribution is 6.16. The highest BCUT2D eigenvalue weighted by Gasteiger charge is 2.44. The summed E-state index contributed by atoms with van der Waals surface area (Å²) < 4.78 is 13.9. The number of Topliss-reactive ketones (excluding diaryl/α,β-unsaturated/α-hetero) is 1. The summed E-state index contributed by atoms with van der Waals surface area (Å²) in [6, 6.07) is 21.8. The summed E-state index contributed by atoms with van der Waals surface area (Å²) in [6.07, 6.45) is 0.640. The van der Waals surface area contributed by atoms with Crippen LogP contribution in [0.2, 0.25) is 0 Å². The number of hydrogen-bond acceptors (Lipinski definition) is 3. The Balaban J connectivity index is 1.74. The zero-order valence-electron chi connectivity index (χ0n) is 17.1. The first-order valence-corrected chi connectivity index (χ1v) is 10.1. The first-order chi connectivity index (χ1) is 15.0. The Hall–Kier alpha value is -3.73. The van der Waals surface area contributed by atoms with Crippen LogP contribution in [0, 0.1) is 12.7 Å². The molecule has 0 bridgehead atoms. The van der Waals surface area contributed by atoms with Crippen LogP contribution in [0.15, 0.2) is 90.2 Å². The van der Waals surface area contributed by atoms with Crippen molar-refractivity contribution in [3.8, 4) is 0 Å². The number of nitrogens with zero attached hydrogens (tertiary/aromatic N) is 1. The molecule has 1 N–H and O–H groups in total. The van der Waals surface area contributed by atoms with Crippen LogP contribution in [0.3, 0.4) is 0 Å². The number of carbonyl (C=O) groups is 2. The Morgan fingerprint density at radius 2 is 1.74 bits per heavy atom. The van der Waals surface area contributed by atoms with E-state index in [4.69, 9.17) is 0 Å². The molecule has 31 heavy (non-hydrogen) atoms. The summed E-state index contributed by atoms with van der Waals surface area (Å²) in [4.78, 5) is 27.5. The van der Waals surface area contributed by atoms with Crippen LogP contribution in [0.25, 0.3) is 0 Å². The van der Waals surface area contributed by atoms with Gasteiger partial charge in [0.15, 0.2) is 11.5 Å². The average molecular weight is 415 g/mol. The normalized spacial score (nSPS) is 16.1. The molecule has 0 fully saturated rings. The zero-order chi connectivity index (χ0) is 22.0. The summed E-state index contributed by atoms with van der Waals surface area (Å²) in [7, 11) is 0. The van der Waals surface area contributed by atoms with Gasteiger partial charge in [-0.1, -0.05) is 66.2 Å². The van der Waals surface area contributed by atoms with Crippen LogP contribution in [0.5, 0.6) is 0 Å². The highest BCUT2D eigenvalue weighted by Crippen LogP contribution is 2.41. The minimum absolute atomic E-state index is 0.0517. The van der Waals surface area contributed by atoms with E-state index in [9.17, 15) is 19.1 Å². The third-order valence-corrected chi connectivity index (χ3v) is 5.44. The molecule has 4 nitrogen and oxygen atoms in total. The molecule has 1 heterocycles. The van der Waals surface area contributed by atoms with Crippen molar-refractivity contribution in [2.24, 2.45) is 0 Å². The molecule has 1 aliphatic heterocycles. The topological polar surface area (TPSA) is 57.6 Å². The van der Waals surface area contributed by atoms with E-state index in [1.807, 2.05) is 55.5 Å². The van der Waals surface area contributed by atoms with Crippen LogP contribution in [0.4, 0.5) is 10.1 Å². The van der Waals surface area contributed by atoms with Gasteiger partial charge < -0.3 is 5.11 Å². The second-order valence-electron chi connectivity index (χ2n) is 7.64. The summed E-state index contributed by atoms with van der Waals surface area (Å²) in [5, 5.41) is 10.7. The Morgan fingerprint density at radius 1 is 1.00 bits per heavy atom. The predicted molar refractivity (Wildman–Crippen MR) is 117 cm³/mol. The third-order valence-electron chi connectivity index (χ3n) is 5.44. The summed E-state index contributed by atoms with van der Waals surface area (Å²) >= 11 is 0. The monoisotopic (exact) mass is 415 g/mol. The molecule has 0 saturated carbocycles. The Labute approximate surface area is 180 Å². The molecule has 0 saturated heterocycles. The lowest BCUT2D eigenvalue weighted by Crippen LogP contribution is -2.31. The number of amides is 1. The Kier molecular flexibility index (Phi) is 5.67. The largest absolute Gasteiger partial charge is 0.503 e. The van der Waals surface area contributed by atoms with Crippen LogP contribution in [0.1, 0.15) is 29.2 Å². The molecule has 0 aromatic heterocycles. The molecule has 4 rings (SSSR count). The fourth-order valence-electron chi connectivity index (χ4n) is 3.98. The van der Waals surface area contributed by atoms with Gasteiger partial charge in [-0.25, -0.2) is 4.39 Å². The van der Waals surface area contributed by atoms with E-state index in [2.05, 4.69) is 0 Å². The molecule has 3 aromatic rings. The van der Waals surface area contributed by atoms with E-state index in [0.717, 1.165) is 11.1 Å². The molecule has 1 unspecified atom stereocenters. The van der Waals surface area contributed by atoms with Crippen molar-refractivity contribution < 1.29 is 19.1 Å². The van der Waals surface area contributed by atoms with E-state index >= 15 is 0 Å². The first kappa shape index (κ1) is 20.5. The van der Waals surface area contributed by atoms with Crippen molar-refractivity contribution in [1.29, 1.82) is 0 Å². The van der Waals surface area contributed by atoms with Crippen molar-refractivity contribution >= 4 is 17.4 Å². The lowest BCUT2D eigenvalue weighted by molar-refractivity contribution is -0.118. The summed E-state index contributed by atoms with van der Waals surface area (Å²) in [5.74, 6) is -2.09. The van der Waals surface area contributed by atoms with Gasteiger partial charge in [0.05, 0.1) is 11.6 Å².